The van der Waals surface area contributed by atoms with E-state index in [1.807, 2.05) is 0 Å². The molecule has 1 unspecified atom stereocenters. The molecule has 0 bridgehead atoms. The van der Waals surface area contributed by atoms with Gasteiger partial charge in [0.2, 0.25) is 0 Å². The first-order valence-electron chi connectivity index (χ1n) is 9.20. The van der Waals surface area contributed by atoms with Gasteiger partial charge in [-0.25, -0.2) is 0 Å². The van der Waals surface area contributed by atoms with E-state index in [2.05, 4.69) is 42.9 Å². The Morgan fingerprint density at radius 3 is 2.00 bits per heavy atom. The van der Waals surface area contributed by atoms with Crippen LogP contribution in [-0.4, -0.2) is 66.3 Å². The molecule has 2 fully saturated rings. The minimum Gasteiger partial charge on any atom is -0.386 e. The van der Waals surface area contributed by atoms with E-state index in [9.17, 15) is 0 Å². The fourth-order valence-electron chi connectivity index (χ4n) is 3.62. The summed E-state index contributed by atoms with van der Waals surface area (Å²) in [6.07, 6.45) is 5.14. The van der Waals surface area contributed by atoms with Crippen molar-refractivity contribution >= 4 is 8.72 Å². The van der Waals surface area contributed by atoms with Crippen molar-refractivity contribution in [2.24, 2.45) is 0 Å². The number of piperidine rings is 1. The normalized spacial score (nSPS) is 24.0. The molecule has 2 N–H and O–H groups in total. The summed E-state index contributed by atoms with van der Waals surface area (Å²) < 4.78 is 14.1. The highest BCUT2D eigenvalue weighted by atomic mass is 28.4. The third-order valence-corrected chi connectivity index (χ3v) is 9.17. The van der Waals surface area contributed by atoms with Gasteiger partial charge >= 0.3 is 8.72 Å². The molecule has 0 spiro atoms. The largest absolute Gasteiger partial charge is 0.432 e. The number of hydrogen-bond acceptors (Lipinski definition) is 5. The second-order valence-electron chi connectivity index (χ2n) is 7.55. The SMILES string of the molecule is CCC1CNCCN1.CO[Si](OC)(N1CCCCC1)C(C)(C)C. The molecule has 0 saturated carbocycles. The second kappa shape index (κ2) is 10.1. The molecular weight excluding hydrogens is 306 g/mol. The maximum Gasteiger partial charge on any atom is 0.432 e. The zero-order valence-corrected chi connectivity index (χ0v) is 17.2. The Labute approximate surface area is 144 Å². The molecule has 0 amide bonds. The van der Waals surface area contributed by atoms with E-state index >= 15 is 0 Å². The van der Waals surface area contributed by atoms with Crippen molar-refractivity contribution in [3.05, 3.63) is 0 Å². The molecule has 2 aliphatic rings. The summed E-state index contributed by atoms with van der Waals surface area (Å²) in [5, 5.41) is 6.82. The van der Waals surface area contributed by atoms with Crippen LogP contribution in [0.15, 0.2) is 0 Å². The minimum absolute atomic E-state index is 0.0911. The molecule has 2 rings (SSSR count). The highest BCUT2D eigenvalue weighted by Gasteiger charge is 2.53. The van der Waals surface area contributed by atoms with Crippen LogP contribution in [0.25, 0.3) is 0 Å². The summed E-state index contributed by atoms with van der Waals surface area (Å²) in [5.41, 5.74) is 0. The summed E-state index contributed by atoms with van der Waals surface area (Å²) in [7, 11) is 1.39. The molecule has 1 atom stereocenters. The molecule has 0 aromatic carbocycles. The fourth-order valence-corrected chi connectivity index (χ4v) is 7.38. The van der Waals surface area contributed by atoms with Gasteiger partial charge in [-0.2, -0.15) is 0 Å². The summed E-state index contributed by atoms with van der Waals surface area (Å²) >= 11 is 0. The fraction of sp³-hybridized carbons (Fsp3) is 1.00. The highest BCUT2D eigenvalue weighted by Crippen LogP contribution is 2.40. The lowest BCUT2D eigenvalue weighted by atomic mass is 10.2. The van der Waals surface area contributed by atoms with Crippen LogP contribution in [0.2, 0.25) is 5.04 Å². The maximum absolute atomic E-state index is 5.83. The smallest absolute Gasteiger partial charge is 0.386 e. The predicted molar refractivity (Wildman–Crippen MR) is 99.9 cm³/mol. The first-order valence-corrected chi connectivity index (χ1v) is 11.0. The molecule has 23 heavy (non-hydrogen) atoms. The van der Waals surface area contributed by atoms with Gasteiger partial charge in [0.25, 0.3) is 0 Å². The molecular formula is C17H39N3O2Si. The van der Waals surface area contributed by atoms with E-state index in [0.717, 1.165) is 38.8 Å². The summed E-state index contributed by atoms with van der Waals surface area (Å²) in [4.78, 5) is 0. The van der Waals surface area contributed by atoms with Gasteiger partial charge in [-0.15, -0.1) is 0 Å². The first-order chi connectivity index (χ1) is 10.9. The van der Waals surface area contributed by atoms with Crippen LogP contribution in [0.5, 0.6) is 0 Å². The van der Waals surface area contributed by atoms with Gasteiger partial charge in [0.1, 0.15) is 0 Å². The Morgan fingerprint density at radius 1 is 1.04 bits per heavy atom. The van der Waals surface area contributed by atoms with Crippen molar-refractivity contribution in [3.8, 4) is 0 Å². The second-order valence-corrected chi connectivity index (χ2v) is 11.7. The van der Waals surface area contributed by atoms with Crippen LogP contribution in [0.1, 0.15) is 53.4 Å². The van der Waals surface area contributed by atoms with Gasteiger partial charge in [0, 0.05) is 44.9 Å². The average Bonchev–Trinajstić information content (AvgIpc) is 2.57. The molecule has 2 saturated heterocycles. The Hall–Kier alpha value is 0.0169. The van der Waals surface area contributed by atoms with Crippen molar-refractivity contribution < 1.29 is 8.85 Å². The van der Waals surface area contributed by atoms with Gasteiger partial charge in [-0.05, 0) is 32.4 Å². The van der Waals surface area contributed by atoms with E-state index < -0.39 is 8.72 Å². The topological polar surface area (TPSA) is 45.8 Å². The van der Waals surface area contributed by atoms with E-state index in [1.165, 1.54) is 25.7 Å². The van der Waals surface area contributed by atoms with Gasteiger partial charge in [0.05, 0.1) is 0 Å². The van der Waals surface area contributed by atoms with Crippen molar-refractivity contribution in [2.75, 3.05) is 46.9 Å². The molecule has 0 aromatic heterocycles. The number of nitrogens with one attached hydrogen (secondary N) is 2. The zero-order chi connectivity index (χ0) is 17.3. The van der Waals surface area contributed by atoms with Crippen LogP contribution in [0, 0.1) is 0 Å². The molecule has 138 valence electrons. The zero-order valence-electron chi connectivity index (χ0n) is 16.2. The third kappa shape index (κ3) is 5.79. The Balaban J connectivity index is 0.000000277. The Morgan fingerprint density at radius 2 is 1.65 bits per heavy atom. The number of piperazine rings is 1. The predicted octanol–water partition coefficient (Wildman–Crippen LogP) is 2.46. The van der Waals surface area contributed by atoms with Gasteiger partial charge < -0.3 is 19.5 Å². The average molecular weight is 346 g/mol. The minimum atomic E-state index is -2.21. The first kappa shape index (κ1) is 21.1. The van der Waals surface area contributed by atoms with Crippen LogP contribution < -0.4 is 10.6 Å². The summed E-state index contributed by atoms with van der Waals surface area (Å²) in [6.45, 7) is 14.6. The lowest BCUT2D eigenvalue weighted by Gasteiger charge is -2.47. The van der Waals surface area contributed by atoms with Crippen molar-refractivity contribution in [1.82, 2.24) is 15.2 Å². The molecule has 2 heterocycles. The van der Waals surface area contributed by atoms with Gasteiger partial charge in [-0.1, -0.05) is 34.1 Å². The molecule has 2 aliphatic heterocycles. The van der Waals surface area contributed by atoms with Crippen LogP contribution in [0.4, 0.5) is 0 Å². The standard InChI is InChI=1S/C11H25NO2Si.C6H14N2/c1-11(2,3)15(13-4,14-5)12-9-7-6-8-10-12;1-2-6-5-7-3-4-8-6/h6-10H2,1-5H3;6-8H,2-5H2,1H3. The monoisotopic (exact) mass is 345 g/mol. The van der Waals surface area contributed by atoms with Gasteiger partial charge in [0.15, 0.2) is 0 Å². The molecule has 6 heteroatoms. The highest BCUT2D eigenvalue weighted by molar-refractivity contribution is 6.67. The van der Waals surface area contributed by atoms with Crippen molar-refractivity contribution in [1.29, 1.82) is 0 Å². The van der Waals surface area contributed by atoms with Crippen LogP contribution >= 0.6 is 0 Å². The number of hydrogen-bond donors (Lipinski definition) is 2. The number of rotatable bonds is 4. The van der Waals surface area contributed by atoms with E-state index in [0.29, 0.717) is 0 Å². The summed E-state index contributed by atoms with van der Waals surface area (Å²) in [6, 6.07) is 0.726. The van der Waals surface area contributed by atoms with E-state index in [4.69, 9.17) is 8.85 Å². The van der Waals surface area contributed by atoms with Crippen molar-refractivity contribution in [3.63, 3.8) is 0 Å². The molecule has 0 radical (unpaired) electrons. The quantitative estimate of drug-likeness (QED) is 0.767. The van der Waals surface area contributed by atoms with Crippen molar-refractivity contribution in [2.45, 2.75) is 64.5 Å². The van der Waals surface area contributed by atoms with Crippen LogP contribution in [0.3, 0.4) is 0 Å². The maximum atomic E-state index is 5.83. The van der Waals surface area contributed by atoms with E-state index in [1.54, 1.807) is 14.2 Å². The third-order valence-electron chi connectivity index (χ3n) is 4.89. The Bertz CT molecular complexity index is 307. The van der Waals surface area contributed by atoms with Gasteiger partial charge in [-0.3, -0.25) is 4.57 Å². The molecule has 0 aromatic rings. The van der Waals surface area contributed by atoms with Crippen LogP contribution in [-0.2, 0) is 8.85 Å². The Kier molecular flexibility index (Phi) is 9.26. The lowest BCUT2D eigenvalue weighted by Crippen LogP contribution is -2.64. The van der Waals surface area contributed by atoms with E-state index in [-0.39, 0.29) is 5.04 Å². The summed E-state index contributed by atoms with van der Waals surface area (Å²) in [5.74, 6) is 0. The number of nitrogens with zero attached hydrogens (tertiary/aromatic N) is 1. The molecule has 5 nitrogen and oxygen atoms in total. The molecule has 0 aliphatic carbocycles. The lowest BCUT2D eigenvalue weighted by molar-refractivity contribution is 0.125.